The molecule has 1 N–H and O–H groups in total. The molecule has 2 aromatic carbocycles. The van der Waals surface area contributed by atoms with Crippen molar-refractivity contribution in [2.45, 2.75) is 6.92 Å². The lowest BCUT2D eigenvalue weighted by molar-refractivity contribution is -0.118. The minimum Gasteiger partial charge on any atom is -0.484 e. The molecule has 0 atom stereocenters. The van der Waals surface area contributed by atoms with Gasteiger partial charge < -0.3 is 10.1 Å². The fourth-order valence-electron chi connectivity index (χ4n) is 2.15. The van der Waals surface area contributed by atoms with E-state index in [2.05, 4.69) is 26.2 Å². The van der Waals surface area contributed by atoms with E-state index in [1.54, 1.807) is 0 Å². The summed E-state index contributed by atoms with van der Waals surface area (Å²) in [5.41, 5.74) is 1.76. The lowest BCUT2D eigenvalue weighted by atomic mass is 10.2. The van der Waals surface area contributed by atoms with Crippen LogP contribution in [-0.4, -0.2) is 17.5 Å². The number of carbonyl (C=O) groups excluding carboxylic acids is 1. The first-order valence-corrected chi connectivity index (χ1v) is 8.94. The third-order valence-electron chi connectivity index (χ3n) is 3.22. The zero-order valence-corrected chi connectivity index (χ0v) is 15.4. The molecule has 1 heterocycles. The van der Waals surface area contributed by atoms with Crippen molar-refractivity contribution < 1.29 is 9.53 Å². The molecule has 0 saturated heterocycles. The molecule has 0 fully saturated rings. The van der Waals surface area contributed by atoms with E-state index in [9.17, 15) is 4.79 Å². The Bertz CT molecular complexity index is 832. The maximum atomic E-state index is 12.2. The summed E-state index contributed by atoms with van der Waals surface area (Å²) < 4.78 is 6.46. The number of aromatic nitrogens is 1. The number of ether oxygens (including phenoxy) is 1. The molecular weight excluding hydrogens is 388 g/mol. The molecule has 1 aromatic heterocycles. The molecule has 0 unspecified atom stereocenters. The molecule has 0 radical (unpaired) electrons. The molecule has 3 aromatic rings. The molecule has 1 amide bonds. The number of hydrogen-bond donors (Lipinski definition) is 1. The van der Waals surface area contributed by atoms with Crippen molar-refractivity contribution >= 4 is 38.2 Å². The number of thiazole rings is 1. The first-order valence-electron chi connectivity index (χ1n) is 7.33. The number of anilines is 1. The molecule has 0 aliphatic carbocycles. The normalized spacial score (nSPS) is 10.4. The van der Waals surface area contributed by atoms with Gasteiger partial charge in [0.05, 0.1) is 5.01 Å². The van der Waals surface area contributed by atoms with E-state index in [1.807, 2.05) is 61.5 Å². The Hall–Kier alpha value is -2.18. The molecule has 0 aliphatic heterocycles. The monoisotopic (exact) mass is 402 g/mol. The number of hydrogen-bond acceptors (Lipinski definition) is 4. The average Bonchev–Trinajstić information content (AvgIpc) is 2.95. The van der Waals surface area contributed by atoms with E-state index < -0.39 is 0 Å². The number of halogens is 1. The second-order valence-corrected chi connectivity index (χ2v) is 7.19. The smallest absolute Gasteiger partial charge is 0.262 e. The number of benzene rings is 2. The Morgan fingerprint density at radius 3 is 2.58 bits per heavy atom. The van der Waals surface area contributed by atoms with Crippen molar-refractivity contribution in [3.63, 3.8) is 0 Å². The summed E-state index contributed by atoms with van der Waals surface area (Å²) in [6, 6.07) is 17.2. The lowest BCUT2D eigenvalue weighted by Gasteiger charge is -2.07. The predicted octanol–water partition coefficient (Wildman–Crippen LogP) is 4.90. The average molecular weight is 403 g/mol. The van der Waals surface area contributed by atoms with Crippen LogP contribution in [0.1, 0.15) is 5.01 Å². The fraction of sp³-hybridized carbons (Fsp3) is 0.111. The van der Waals surface area contributed by atoms with Crippen molar-refractivity contribution in [2.75, 3.05) is 11.9 Å². The van der Waals surface area contributed by atoms with E-state index in [-0.39, 0.29) is 12.5 Å². The Balaban J connectivity index is 1.67. The summed E-state index contributed by atoms with van der Waals surface area (Å²) in [5, 5.41) is 4.53. The van der Waals surface area contributed by atoms with Crippen LogP contribution in [0.4, 0.5) is 5.00 Å². The molecule has 4 nitrogen and oxygen atoms in total. The van der Waals surface area contributed by atoms with Crippen molar-refractivity contribution in [3.05, 3.63) is 64.1 Å². The number of rotatable bonds is 5. The van der Waals surface area contributed by atoms with Gasteiger partial charge in [-0.05, 0) is 31.2 Å². The van der Waals surface area contributed by atoms with Gasteiger partial charge in [-0.3, -0.25) is 4.79 Å². The summed E-state index contributed by atoms with van der Waals surface area (Å²) in [4.78, 5) is 16.7. The van der Waals surface area contributed by atoms with E-state index >= 15 is 0 Å². The Morgan fingerprint density at radius 2 is 1.88 bits per heavy atom. The maximum absolute atomic E-state index is 12.2. The van der Waals surface area contributed by atoms with Gasteiger partial charge in [-0.25, -0.2) is 4.98 Å². The minimum absolute atomic E-state index is 0.0488. The summed E-state index contributed by atoms with van der Waals surface area (Å²) in [6.45, 7) is 1.87. The van der Waals surface area contributed by atoms with E-state index in [4.69, 9.17) is 4.74 Å². The first-order chi connectivity index (χ1) is 11.6. The highest BCUT2D eigenvalue weighted by Crippen LogP contribution is 2.32. The van der Waals surface area contributed by atoms with Gasteiger partial charge in [0.25, 0.3) is 5.91 Å². The van der Waals surface area contributed by atoms with Crippen LogP contribution < -0.4 is 10.1 Å². The molecule has 0 spiro atoms. The summed E-state index contributed by atoms with van der Waals surface area (Å²) in [5.74, 6) is 0.441. The fourth-order valence-corrected chi connectivity index (χ4v) is 3.27. The van der Waals surface area contributed by atoms with Crippen LogP contribution in [0.15, 0.2) is 59.1 Å². The highest BCUT2D eigenvalue weighted by molar-refractivity contribution is 9.10. The topological polar surface area (TPSA) is 51.2 Å². The Morgan fingerprint density at radius 1 is 1.17 bits per heavy atom. The molecule has 0 saturated carbocycles. The van der Waals surface area contributed by atoms with Gasteiger partial charge >= 0.3 is 0 Å². The zero-order valence-electron chi connectivity index (χ0n) is 13.0. The van der Waals surface area contributed by atoms with Crippen LogP contribution in [0.3, 0.4) is 0 Å². The summed E-state index contributed by atoms with van der Waals surface area (Å²) >= 11 is 4.82. The number of carbonyl (C=O) groups is 1. The van der Waals surface area contributed by atoms with Crippen molar-refractivity contribution in [1.29, 1.82) is 0 Å². The third-order valence-corrected chi connectivity index (χ3v) is 4.63. The van der Waals surface area contributed by atoms with Crippen LogP contribution >= 0.6 is 27.3 Å². The van der Waals surface area contributed by atoms with E-state index in [1.165, 1.54) is 11.3 Å². The van der Waals surface area contributed by atoms with E-state index in [0.717, 1.165) is 25.7 Å². The molecule has 0 aliphatic rings. The molecule has 6 heteroatoms. The van der Waals surface area contributed by atoms with Gasteiger partial charge in [0.15, 0.2) is 6.61 Å². The lowest BCUT2D eigenvalue weighted by Crippen LogP contribution is -2.19. The predicted molar refractivity (Wildman–Crippen MR) is 101 cm³/mol. The van der Waals surface area contributed by atoms with Crippen LogP contribution in [0, 0.1) is 6.92 Å². The van der Waals surface area contributed by atoms with Gasteiger partial charge in [-0.15, -0.1) is 11.3 Å². The molecular formula is C18H15BrN2O2S. The standard InChI is InChI=1S/C18H15BrN2O2S/c1-12-20-17(13-5-3-2-4-6-13)18(24-12)21-16(22)11-23-15-9-7-14(19)8-10-15/h2-10H,11H2,1H3,(H,21,22). The Labute approximate surface area is 152 Å². The highest BCUT2D eigenvalue weighted by atomic mass is 79.9. The SMILES string of the molecule is Cc1nc(-c2ccccc2)c(NC(=O)COc2ccc(Br)cc2)s1. The van der Waals surface area contributed by atoms with Crippen LogP contribution in [0.2, 0.25) is 0 Å². The van der Waals surface area contributed by atoms with Gasteiger partial charge in [-0.2, -0.15) is 0 Å². The second kappa shape index (κ2) is 7.59. The minimum atomic E-state index is -0.209. The van der Waals surface area contributed by atoms with Crippen molar-refractivity contribution in [2.24, 2.45) is 0 Å². The van der Waals surface area contributed by atoms with Crippen molar-refractivity contribution in [3.8, 4) is 17.0 Å². The number of nitrogens with zero attached hydrogens (tertiary/aromatic N) is 1. The summed E-state index contributed by atoms with van der Waals surface area (Å²) in [7, 11) is 0. The second-order valence-electron chi connectivity index (χ2n) is 5.07. The van der Waals surface area contributed by atoms with Crippen molar-refractivity contribution in [1.82, 2.24) is 4.98 Å². The number of aryl methyl sites for hydroxylation is 1. The largest absolute Gasteiger partial charge is 0.484 e. The zero-order chi connectivity index (χ0) is 16.9. The molecule has 24 heavy (non-hydrogen) atoms. The van der Waals surface area contributed by atoms with Gasteiger partial charge in [0.1, 0.15) is 16.4 Å². The first kappa shape index (κ1) is 16.7. The molecule has 122 valence electrons. The van der Waals surface area contributed by atoms with Crippen LogP contribution in [-0.2, 0) is 4.79 Å². The third kappa shape index (κ3) is 4.21. The Kier molecular flexibility index (Phi) is 5.27. The number of nitrogens with one attached hydrogen (secondary N) is 1. The highest BCUT2D eigenvalue weighted by Gasteiger charge is 2.14. The van der Waals surface area contributed by atoms with Gasteiger partial charge in [-0.1, -0.05) is 46.3 Å². The molecule has 0 bridgehead atoms. The maximum Gasteiger partial charge on any atom is 0.262 e. The summed E-state index contributed by atoms with van der Waals surface area (Å²) in [6.07, 6.45) is 0. The number of amides is 1. The van der Waals surface area contributed by atoms with E-state index in [0.29, 0.717) is 5.75 Å². The van der Waals surface area contributed by atoms with Crippen LogP contribution in [0.25, 0.3) is 11.3 Å². The quantitative estimate of drug-likeness (QED) is 0.660. The van der Waals surface area contributed by atoms with Gasteiger partial charge in [0, 0.05) is 10.0 Å². The van der Waals surface area contributed by atoms with Crippen LogP contribution in [0.5, 0.6) is 5.75 Å². The van der Waals surface area contributed by atoms with Gasteiger partial charge in [0.2, 0.25) is 0 Å². The molecule has 3 rings (SSSR count).